The molecule has 1 aromatic carbocycles. The first-order chi connectivity index (χ1) is 13.6. The zero-order valence-corrected chi connectivity index (χ0v) is 15.5. The van der Waals surface area contributed by atoms with Gasteiger partial charge in [0.2, 0.25) is 5.95 Å². The summed E-state index contributed by atoms with van der Waals surface area (Å²) in [7, 11) is 0. The number of anilines is 2. The van der Waals surface area contributed by atoms with Crippen molar-refractivity contribution in [3.63, 3.8) is 0 Å². The highest BCUT2D eigenvalue weighted by Crippen LogP contribution is 2.40. The van der Waals surface area contributed by atoms with E-state index >= 15 is 0 Å². The van der Waals surface area contributed by atoms with Crippen LogP contribution in [0.25, 0.3) is 0 Å². The van der Waals surface area contributed by atoms with Gasteiger partial charge in [-0.05, 0) is 24.6 Å². The minimum Gasteiger partial charge on any atom is -0.325 e. The minimum absolute atomic E-state index is 0.0626. The molecule has 0 aliphatic heterocycles. The van der Waals surface area contributed by atoms with E-state index < -0.39 is 57.6 Å². The molecule has 0 atom stereocenters. The van der Waals surface area contributed by atoms with Crippen LogP contribution in [0.4, 0.5) is 51.1 Å². The summed E-state index contributed by atoms with van der Waals surface area (Å²) in [4.78, 5) is 15.3. The Morgan fingerprint density at radius 2 is 1.60 bits per heavy atom. The van der Waals surface area contributed by atoms with Crippen molar-refractivity contribution in [3.05, 3.63) is 50.4 Å². The number of hydrogen-bond acceptors (Lipinski definition) is 3. The van der Waals surface area contributed by atoms with Crippen LogP contribution in [0.5, 0.6) is 0 Å². The van der Waals surface area contributed by atoms with Crippen LogP contribution in [0.3, 0.4) is 0 Å². The molecule has 0 spiro atoms. The molecule has 0 fully saturated rings. The van der Waals surface area contributed by atoms with Crippen molar-refractivity contribution in [2.24, 2.45) is 0 Å². The summed E-state index contributed by atoms with van der Waals surface area (Å²) in [6.45, 7) is 1.18. The molecule has 0 aliphatic carbocycles. The number of halogens is 10. The van der Waals surface area contributed by atoms with Crippen molar-refractivity contribution in [1.82, 2.24) is 9.55 Å². The van der Waals surface area contributed by atoms with Gasteiger partial charge in [0, 0.05) is 6.54 Å². The molecule has 0 bridgehead atoms. The Morgan fingerprint density at radius 1 is 1.00 bits per heavy atom. The average Bonchev–Trinajstić information content (AvgIpc) is 2.58. The second-order valence-corrected chi connectivity index (χ2v) is 6.31. The first kappa shape index (κ1) is 23.8. The quantitative estimate of drug-likeness (QED) is 0.552. The summed E-state index contributed by atoms with van der Waals surface area (Å²) < 4.78 is 118. The van der Waals surface area contributed by atoms with Crippen LogP contribution in [-0.4, -0.2) is 9.55 Å². The molecular formula is C16H11ClF9N3O. The standard InChI is InChI=1S/C16H11ClF9N3O/c1-2-5-29-12(30)10(17)11(16(24,25)26)28-13(29)27-9-6-7(14(18,19)20)3-4-8(9)15(21,22)23/h3-4,6H,2,5H2,1H3,(H,27,28). The Morgan fingerprint density at radius 3 is 2.07 bits per heavy atom. The molecule has 0 amide bonds. The van der Waals surface area contributed by atoms with Gasteiger partial charge in [-0.25, -0.2) is 4.98 Å². The molecule has 2 rings (SSSR count). The van der Waals surface area contributed by atoms with E-state index in [1.54, 1.807) is 5.32 Å². The number of rotatable bonds is 4. The van der Waals surface area contributed by atoms with Gasteiger partial charge >= 0.3 is 18.5 Å². The molecule has 166 valence electrons. The third-order valence-corrected chi connectivity index (χ3v) is 4.07. The van der Waals surface area contributed by atoms with E-state index in [2.05, 4.69) is 4.98 Å². The minimum atomic E-state index is -5.24. The second-order valence-electron chi connectivity index (χ2n) is 5.93. The van der Waals surface area contributed by atoms with E-state index in [4.69, 9.17) is 11.6 Å². The normalized spacial score (nSPS) is 12.9. The predicted octanol–water partition coefficient (Wildman–Crippen LogP) is 6.11. The number of nitrogens with zero attached hydrogens (tertiary/aromatic N) is 2. The predicted molar refractivity (Wildman–Crippen MR) is 88.5 cm³/mol. The highest BCUT2D eigenvalue weighted by Gasteiger charge is 2.40. The van der Waals surface area contributed by atoms with Crippen LogP contribution >= 0.6 is 11.6 Å². The fraction of sp³-hybridized carbons (Fsp3) is 0.375. The van der Waals surface area contributed by atoms with Gasteiger partial charge in [0.25, 0.3) is 5.56 Å². The van der Waals surface area contributed by atoms with Crippen molar-refractivity contribution in [1.29, 1.82) is 0 Å². The number of hydrogen-bond donors (Lipinski definition) is 1. The molecule has 2 aromatic rings. The molecule has 0 radical (unpaired) electrons. The van der Waals surface area contributed by atoms with E-state index in [0.29, 0.717) is 4.57 Å². The number of alkyl halides is 9. The van der Waals surface area contributed by atoms with Crippen molar-refractivity contribution >= 4 is 23.2 Å². The Labute approximate surface area is 167 Å². The zero-order valence-electron chi connectivity index (χ0n) is 14.7. The molecule has 0 unspecified atom stereocenters. The fourth-order valence-corrected chi connectivity index (χ4v) is 2.69. The van der Waals surface area contributed by atoms with Crippen molar-refractivity contribution in [3.8, 4) is 0 Å². The van der Waals surface area contributed by atoms with E-state index in [9.17, 15) is 44.3 Å². The maximum Gasteiger partial charge on any atom is 0.435 e. The van der Waals surface area contributed by atoms with E-state index in [0.717, 1.165) is 0 Å². The third kappa shape index (κ3) is 4.99. The Hall–Kier alpha value is -2.44. The summed E-state index contributed by atoms with van der Waals surface area (Å²) >= 11 is 5.41. The SMILES string of the molecule is CCCn1c(Nc2cc(C(F)(F)F)ccc2C(F)(F)F)nc(C(F)(F)F)c(Cl)c1=O. The summed E-state index contributed by atoms with van der Waals surface area (Å²) in [5.41, 5.74) is -7.62. The van der Waals surface area contributed by atoms with Gasteiger partial charge in [0.05, 0.1) is 16.8 Å². The third-order valence-electron chi connectivity index (χ3n) is 3.73. The van der Waals surface area contributed by atoms with Gasteiger partial charge in [-0.3, -0.25) is 9.36 Å². The molecule has 1 N–H and O–H groups in total. The van der Waals surface area contributed by atoms with Crippen LogP contribution in [0.2, 0.25) is 5.02 Å². The zero-order chi connectivity index (χ0) is 23.1. The molecular weight excluding hydrogens is 457 g/mol. The Balaban J connectivity index is 2.77. The Bertz CT molecular complexity index is 994. The lowest BCUT2D eigenvalue weighted by molar-refractivity contribution is -0.141. The highest BCUT2D eigenvalue weighted by atomic mass is 35.5. The summed E-state index contributed by atoms with van der Waals surface area (Å²) in [5, 5.41) is 0.481. The van der Waals surface area contributed by atoms with Crippen molar-refractivity contribution < 1.29 is 39.5 Å². The maximum atomic E-state index is 13.2. The molecule has 0 aliphatic rings. The fourth-order valence-electron chi connectivity index (χ4n) is 2.44. The lowest BCUT2D eigenvalue weighted by Gasteiger charge is -2.20. The lowest BCUT2D eigenvalue weighted by Crippen LogP contribution is -2.29. The molecule has 30 heavy (non-hydrogen) atoms. The first-order valence-electron chi connectivity index (χ1n) is 8.00. The largest absolute Gasteiger partial charge is 0.435 e. The second kappa shape index (κ2) is 8.00. The van der Waals surface area contributed by atoms with Gasteiger partial charge in [-0.1, -0.05) is 18.5 Å². The summed E-state index contributed by atoms with van der Waals surface area (Å²) in [6, 6.07) is 0.352. The molecule has 1 aromatic heterocycles. The Kier molecular flexibility index (Phi) is 6.36. The van der Waals surface area contributed by atoms with Crippen LogP contribution in [0.15, 0.2) is 23.0 Å². The van der Waals surface area contributed by atoms with Gasteiger partial charge < -0.3 is 5.32 Å². The van der Waals surface area contributed by atoms with Crippen LogP contribution in [-0.2, 0) is 25.1 Å². The monoisotopic (exact) mass is 467 g/mol. The van der Waals surface area contributed by atoms with Crippen molar-refractivity contribution in [2.45, 2.75) is 38.4 Å². The smallest absolute Gasteiger partial charge is 0.325 e. The van der Waals surface area contributed by atoms with E-state index in [1.165, 1.54) is 6.92 Å². The first-order valence-corrected chi connectivity index (χ1v) is 8.38. The topological polar surface area (TPSA) is 46.9 Å². The van der Waals surface area contributed by atoms with Gasteiger partial charge in [0.1, 0.15) is 5.02 Å². The number of nitrogens with one attached hydrogen (secondary N) is 1. The maximum absolute atomic E-state index is 13.2. The van der Waals surface area contributed by atoms with Gasteiger partial charge in [0.15, 0.2) is 5.69 Å². The molecule has 0 saturated carbocycles. The van der Waals surface area contributed by atoms with Gasteiger partial charge in [-0.15, -0.1) is 0 Å². The highest BCUT2D eigenvalue weighted by molar-refractivity contribution is 6.31. The van der Waals surface area contributed by atoms with E-state index in [-0.39, 0.29) is 31.2 Å². The summed E-state index contributed by atoms with van der Waals surface area (Å²) in [6.07, 6.45) is -15.3. The molecule has 1 heterocycles. The molecule has 14 heteroatoms. The van der Waals surface area contributed by atoms with Gasteiger partial charge in [-0.2, -0.15) is 39.5 Å². The summed E-state index contributed by atoms with van der Waals surface area (Å²) in [5.74, 6) is -1.04. The van der Waals surface area contributed by atoms with Crippen molar-refractivity contribution in [2.75, 3.05) is 5.32 Å². The molecule has 0 saturated heterocycles. The lowest BCUT2D eigenvalue weighted by atomic mass is 10.1. The van der Waals surface area contributed by atoms with Crippen LogP contribution in [0, 0.1) is 0 Å². The number of aromatic nitrogens is 2. The average molecular weight is 468 g/mol. The van der Waals surface area contributed by atoms with Crippen LogP contribution < -0.4 is 10.9 Å². The van der Waals surface area contributed by atoms with E-state index in [1.807, 2.05) is 0 Å². The van der Waals surface area contributed by atoms with Crippen LogP contribution in [0.1, 0.15) is 30.2 Å². The number of benzene rings is 1. The molecule has 4 nitrogen and oxygen atoms in total.